The number of rotatable bonds is 6. The highest BCUT2D eigenvalue weighted by atomic mass is 16.5. The average Bonchev–Trinajstić information content (AvgIpc) is 3.59. The van der Waals surface area contributed by atoms with Crippen molar-refractivity contribution < 1.29 is 19.1 Å². The largest absolute Gasteiger partial charge is 0.497 e. The predicted octanol–water partition coefficient (Wildman–Crippen LogP) is 2.63. The lowest BCUT2D eigenvalue weighted by atomic mass is 9.93. The minimum atomic E-state index is -1.60. The Morgan fingerprint density at radius 3 is 2.51 bits per heavy atom. The van der Waals surface area contributed by atoms with Crippen molar-refractivity contribution >= 4 is 17.8 Å². The van der Waals surface area contributed by atoms with Crippen molar-refractivity contribution in [2.75, 3.05) is 13.7 Å². The van der Waals surface area contributed by atoms with Gasteiger partial charge in [0.25, 0.3) is 11.8 Å². The van der Waals surface area contributed by atoms with Gasteiger partial charge in [0.05, 0.1) is 25.0 Å². The normalized spacial score (nSPS) is 18.5. The number of urea groups is 1. The molecule has 2 aliphatic heterocycles. The lowest BCUT2D eigenvalue weighted by Crippen LogP contribution is -2.53. The van der Waals surface area contributed by atoms with E-state index < -0.39 is 17.5 Å². The molecule has 184 valence electrons. The van der Waals surface area contributed by atoms with E-state index in [1.165, 1.54) is 7.11 Å². The minimum Gasteiger partial charge on any atom is -0.497 e. The van der Waals surface area contributed by atoms with E-state index in [1.54, 1.807) is 46.1 Å². The van der Waals surface area contributed by atoms with Gasteiger partial charge in [0.15, 0.2) is 11.4 Å². The van der Waals surface area contributed by atoms with Gasteiger partial charge in [0, 0.05) is 23.9 Å². The molecule has 0 unspecified atom stereocenters. The number of methoxy groups -OCH3 is 1. The Kier molecular flexibility index (Phi) is 5.22. The number of hydrogen-bond acceptors (Lipinski definition) is 6. The van der Waals surface area contributed by atoms with Crippen LogP contribution in [0, 0.1) is 0 Å². The maximum Gasteiger partial charge on any atom is 0.322 e. The van der Waals surface area contributed by atoms with Crippen LogP contribution in [0.15, 0.2) is 79.0 Å². The summed E-state index contributed by atoms with van der Waals surface area (Å²) in [6.45, 7) is 0.180. The molecule has 1 atom stereocenters. The molecule has 0 saturated carbocycles. The van der Waals surface area contributed by atoms with Gasteiger partial charge in [-0.25, -0.2) is 14.5 Å². The Bertz CT molecular complexity index is 1540. The number of nitrogens with one attached hydrogen (secondary N) is 2. The smallest absolute Gasteiger partial charge is 0.322 e. The number of amides is 4. The third-order valence-electron chi connectivity index (χ3n) is 6.65. The molecule has 2 aromatic carbocycles. The van der Waals surface area contributed by atoms with Gasteiger partial charge in [0.2, 0.25) is 0 Å². The summed E-state index contributed by atoms with van der Waals surface area (Å²) in [5, 5.41) is 9.91. The van der Waals surface area contributed by atoms with Gasteiger partial charge in [-0.05, 0) is 35.9 Å². The zero-order valence-electron chi connectivity index (χ0n) is 19.8. The van der Waals surface area contributed by atoms with Crippen molar-refractivity contribution in [2.24, 2.45) is 0 Å². The Balaban J connectivity index is 1.48. The van der Waals surface area contributed by atoms with Crippen molar-refractivity contribution in [3.8, 4) is 22.8 Å². The lowest BCUT2D eigenvalue weighted by molar-refractivity contribution is -0.125. The van der Waals surface area contributed by atoms with Gasteiger partial charge in [-0.3, -0.25) is 14.9 Å². The number of carbonyl (C=O) groups is 3. The molecule has 0 bridgehead atoms. The van der Waals surface area contributed by atoms with Gasteiger partial charge in [-0.1, -0.05) is 42.5 Å². The number of imide groups is 1. The van der Waals surface area contributed by atoms with Crippen LogP contribution in [0.25, 0.3) is 17.1 Å². The van der Waals surface area contributed by atoms with Gasteiger partial charge in [-0.2, -0.15) is 5.10 Å². The number of nitrogens with zero attached hydrogens (tertiary/aromatic N) is 4. The molecule has 4 heterocycles. The molecule has 1 saturated heterocycles. The molecule has 6 rings (SSSR count). The van der Waals surface area contributed by atoms with Gasteiger partial charge in [0.1, 0.15) is 5.75 Å². The topological polar surface area (TPSA) is 118 Å². The SMILES string of the molecule is COc1ccc2c(c1)C(=O)N(C[C@@]1(c3cc(-c4ccccc4)nn3-c3ccccn3)NC(=O)NC1=O)C2. The Hall–Kier alpha value is -4.99. The molecule has 10 nitrogen and oxygen atoms in total. The molecule has 10 heteroatoms. The van der Waals surface area contributed by atoms with E-state index in [2.05, 4.69) is 15.6 Å². The molecule has 1 fully saturated rings. The number of aromatic nitrogens is 3. The van der Waals surface area contributed by atoms with Crippen molar-refractivity contribution in [1.82, 2.24) is 30.3 Å². The zero-order valence-corrected chi connectivity index (χ0v) is 19.8. The summed E-state index contributed by atoms with van der Waals surface area (Å²) < 4.78 is 6.82. The molecule has 2 aromatic heterocycles. The van der Waals surface area contributed by atoms with Crippen LogP contribution in [-0.2, 0) is 16.9 Å². The fourth-order valence-electron chi connectivity index (χ4n) is 4.83. The second-order valence-electron chi connectivity index (χ2n) is 8.88. The lowest BCUT2D eigenvalue weighted by Gasteiger charge is -2.31. The van der Waals surface area contributed by atoms with Crippen molar-refractivity contribution in [1.29, 1.82) is 0 Å². The second kappa shape index (κ2) is 8.59. The van der Waals surface area contributed by atoms with Crippen molar-refractivity contribution in [3.63, 3.8) is 0 Å². The van der Waals surface area contributed by atoms with Crippen LogP contribution in [0.1, 0.15) is 21.6 Å². The fourth-order valence-corrected chi connectivity index (χ4v) is 4.83. The maximum absolute atomic E-state index is 13.5. The monoisotopic (exact) mass is 494 g/mol. The number of benzene rings is 2. The second-order valence-corrected chi connectivity index (χ2v) is 8.88. The van der Waals surface area contributed by atoms with E-state index >= 15 is 0 Å². The van der Waals surface area contributed by atoms with Crippen LogP contribution in [0.2, 0.25) is 0 Å². The molecule has 4 amide bonds. The number of ether oxygens (including phenoxy) is 1. The highest BCUT2D eigenvalue weighted by Gasteiger charge is 2.53. The third kappa shape index (κ3) is 3.70. The van der Waals surface area contributed by atoms with E-state index in [0.29, 0.717) is 28.5 Å². The van der Waals surface area contributed by atoms with Crippen LogP contribution in [0.4, 0.5) is 4.79 Å². The van der Waals surface area contributed by atoms with Crippen LogP contribution < -0.4 is 15.4 Å². The van der Waals surface area contributed by atoms with Gasteiger partial charge >= 0.3 is 6.03 Å². The summed E-state index contributed by atoms with van der Waals surface area (Å²) in [4.78, 5) is 45.4. The maximum atomic E-state index is 13.5. The summed E-state index contributed by atoms with van der Waals surface area (Å²) in [5.41, 5.74) is 1.52. The molecule has 0 spiro atoms. The Labute approximate surface area is 211 Å². The number of pyridine rings is 1. The molecule has 2 aliphatic rings. The van der Waals surface area contributed by atoms with Gasteiger partial charge < -0.3 is 15.0 Å². The first-order valence-corrected chi connectivity index (χ1v) is 11.7. The minimum absolute atomic E-state index is 0.104. The van der Waals surface area contributed by atoms with E-state index in [9.17, 15) is 14.4 Å². The third-order valence-corrected chi connectivity index (χ3v) is 6.65. The van der Waals surface area contributed by atoms with E-state index in [1.807, 2.05) is 42.5 Å². The first-order chi connectivity index (χ1) is 18.0. The number of carbonyl (C=O) groups excluding carboxylic acids is 3. The number of hydrogen-bond donors (Lipinski definition) is 2. The zero-order chi connectivity index (χ0) is 25.6. The summed E-state index contributed by atoms with van der Waals surface area (Å²) in [7, 11) is 1.54. The van der Waals surface area contributed by atoms with Gasteiger partial charge in [-0.15, -0.1) is 0 Å². The van der Waals surface area contributed by atoms with E-state index in [-0.39, 0.29) is 19.0 Å². The molecular formula is C27H22N6O4. The predicted molar refractivity (Wildman–Crippen MR) is 133 cm³/mol. The molecule has 2 N–H and O–H groups in total. The molecule has 0 radical (unpaired) electrons. The molecule has 4 aromatic rings. The molecule has 37 heavy (non-hydrogen) atoms. The van der Waals surface area contributed by atoms with Crippen molar-refractivity contribution in [3.05, 3.63) is 95.8 Å². The molecular weight excluding hydrogens is 472 g/mol. The van der Waals surface area contributed by atoms with Crippen LogP contribution in [0.5, 0.6) is 5.75 Å². The Morgan fingerprint density at radius 1 is 1.00 bits per heavy atom. The van der Waals surface area contributed by atoms with Crippen LogP contribution >= 0.6 is 0 Å². The number of fused-ring (bicyclic) bond motifs is 1. The standard InChI is InChI=1S/C27H22N6O4/c1-37-19-11-10-18-15-32(24(34)20(18)13-19)16-27(25(35)29-26(36)30-27)22-14-21(17-7-3-2-4-8-17)31-33(22)23-9-5-6-12-28-23/h2-14H,15-16H2,1H3,(H2,29,30,35,36)/t27-/m0/s1. The van der Waals surface area contributed by atoms with Crippen molar-refractivity contribution in [2.45, 2.75) is 12.1 Å². The van der Waals surface area contributed by atoms with Crippen LogP contribution in [-0.4, -0.2) is 51.2 Å². The molecule has 0 aliphatic carbocycles. The highest BCUT2D eigenvalue weighted by molar-refractivity contribution is 6.08. The first-order valence-electron chi connectivity index (χ1n) is 11.7. The summed E-state index contributed by atoms with van der Waals surface area (Å²) in [6, 6.07) is 21.3. The first kappa shape index (κ1) is 22.5. The van der Waals surface area contributed by atoms with E-state index in [0.717, 1.165) is 11.1 Å². The van der Waals surface area contributed by atoms with Crippen LogP contribution in [0.3, 0.4) is 0 Å². The highest BCUT2D eigenvalue weighted by Crippen LogP contribution is 2.35. The Morgan fingerprint density at radius 2 is 1.81 bits per heavy atom. The average molecular weight is 495 g/mol. The summed E-state index contributed by atoms with van der Waals surface area (Å²) in [6.07, 6.45) is 1.62. The van der Waals surface area contributed by atoms with E-state index in [4.69, 9.17) is 9.84 Å². The quantitative estimate of drug-likeness (QED) is 0.398. The fraction of sp³-hybridized carbons (Fsp3) is 0.148. The summed E-state index contributed by atoms with van der Waals surface area (Å²) in [5.74, 6) is 0.204. The summed E-state index contributed by atoms with van der Waals surface area (Å²) >= 11 is 0.